The Kier molecular flexibility index (Phi) is 8.41. The van der Waals surface area contributed by atoms with Gasteiger partial charge in [-0.05, 0) is 37.0 Å². The molecule has 1 aromatic rings. The molecule has 0 bridgehead atoms. The smallest absolute Gasteiger partial charge is 0.334 e. The molecule has 7 heteroatoms. The van der Waals surface area contributed by atoms with Crippen molar-refractivity contribution in [1.29, 1.82) is 0 Å². The second-order valence-corrected chi connectivity index (χ2v) is 6.35. The molecule has 3 N–H and O–H groups in total. The average molecular weight is 369 g/mol. The first-order valence-electron chi connectivity index (χ1n) is 8.36. The van der Waals surface area contributed by atoms with Crippen LogP contribution in [0.4, 0.5) is 0 Å². The molecule has 0 fully saturated rings. The first-order chi connectivity index (χ1) is 11.8. The predicted molar refractivity (Wildman–Crippen MR) is 96.4 cm³/mol. The van der Waals surface area contributed by atoms with E-state index in [9.17, 15) is 19.5 Å². The molecule has 0 aliphatic heterocycles. The van der Waals surface area contributed by atoms with Gasteiger partial charge < -0.3 is 15.7 Å². The first kappa shape index (κ1) is 21.0. The lowest BCUT2D eigenvalue weighted by molar-refractivity contribution is -0.148. The number of amides is 2. The number of aliphatic carboxylic acids is 1. The fourth-order valence-electron chi connectivity index (χ4n) is 2.58. The fourth-order valence-corrected chi connectivity index (χ4v) is 2.71. The van der Waals surface area contributed by atoms with Gasteiger partial charge in [-0.25, -0.2) is 4.79 Å². The van der Waals surface area contributed by atoms with Crippen molar-refractivity contribution in [3.8, 4) is 0 Å². The van der Waals surface area contributed by atoms with Gasteiger partial charge in [-0.1, -0.05) is 37.1 Å². The molecule has 0 radical (unpaired) electrons. The first-order valence-corrected chi connectivity index (χ1v) is 8.74. The SMILES string of the molecule is CCC(NC(=O)CCCCCNC(C)=O)(C(=O)O)c1ccc(Cl)cc1. The van der Waals surface area contributed by atoms with E-state index >= 15 is 0 Å². The molecule has 0 heterocycles. The molecule has 0 aliphatic rings. The Bertz CT molecular complexity index is 604. The summed E-state index contributed by atoms with van der Waals surface area (Å²) in [5, 5.41) is 15.6. The third-order valence-electron chi connectivity index (χ3n) is 4.04. The number of nitrogens with one attached hydrogen (secondary N) is 2. The van der Waals surface area contributed by atoms with E-state index in [0.29, 0.717) is 23.6 Å². The second-order valence-electron chi connectivity index (χ2n) is 5.91. The Morgan fingerprint density at radius 2 is 1.76 bits per heavy atom. The van der Waals surface area contributed by atoms with Gasteiger partial charge in [-0.2, -0.15) is 0 Å². The van der Waals surface area contributed by atoms with Gasteiger partial charge in [0.25, 0.3) is 0 Å². The summed E-state index contributed by atoms with van der Waals surface area (Å²) < 4.78 is 0. The maximum absolute atomic E-state index is 12.2. The van der Waals surface area contributed by atoms with Crippen LogP contribution in [-0.4, -0.2) is 29.4 Å². The molecule has 0 saturated carbocycles. The van der Waals surface area contributed by atoms with Crippen LogP contribution in [0.15, 0.2) is 24.3 Å². The van der Waals surface area contributed by atoms with Gasteiger partial charge in [0.1, 0.15) is 0 Å². The molecule has 0 saturated heterocycles. The van der Waals surface area contributed by atoms with Gasteiger partial charge in [-0.15, -0.1) is 0 Å². The van der Waals surface area contributed by atoms with Gasteiger partial charge in [-0.3, -0.25) is 9.59 Å². The van der Waals surface area contributed by atoms with Gasteiger partial charge in [0, 0.05) is 24.9 Å². The molecule has 1 rings (SSSR count). The lowest BCUT2D eigenvalue weighted by Gasteiger charge is -2.30. The third kappa shape index (κ3) is 6.38. The van der Waals surface area contributed by atoms with E-state index in [2.05, 4.69) is 10.6 Å². The van der Waals surface area contributed by atoms with Crippen molar-refractivity contribution in [2.75, 3.05) is 6.54 Å². The topological polar surface area (TPSA) is 95.5 Å². The molecule has 1 unspecified atom stereocenters. The van der Waals surface area contributed by atoms with E-state index in [1.54, 1.807) is 31.2 Å². The summed E-state index contributed by atoms with van der Waals surface area (Å²) in [7, 11) is 0. The Hall–Kier alpha value is -2.08. The maximum Gasteiger partial charge on any atom is 0.334 e. The summed E-state index contributed by atoms with van der Waals surface area (Å²) in [5.74, 6) is -1.48. The molecule has 1 aromatic carbocycles. The van der Waals surface area contributed by atoms with Gasteiger partial charge in [0.05, 0.1) is 0 Å². The van der Waals surface area contributed by atoms with Crippen LogP contribution in [0.5, 0.6) is 0 Å². The van der Waals surface area contributed by atoms with Crippen LogP contribution in [0, 0.1) is 0 Å². The molecule has 6 nitrogen and oxygen atoms in total. The van der Waals surface area contributed by atoms with Gasteiger partial charge >= 0.3 is 5.97 Å². The monoisotopic (exact) mass is 368 g/mol. The van der Waals surface area contributed by atoms with Crippen molar-refractivity contribution in [2.24, 2.45) is 0 Å². The van der Waals surface area contributed by atoms with E-state index < -0.39 is 11.5 Å². The highest BCUT2D eigenvalue weighted by Gasteiger charge is 2.40. The zero-order chi connectivity index (χ0) is 18.9. The van der Waals surface area contributed by atoms with E-state index in [0.717, 1.165) is 12.8 Å². The standard InChI is InChI=1S/C18H25ClN2O4/c1-3-18(17(24)25,14-8-10-15(19)11-9-14)21-16(23)7-5-4-6-12-20-13(2)22/h8-11H,3-7,12H2,1-2H3,(H,20,22)(H,21,23)(H,24,25). The number of unbranched alkanes of at least 4 members (excludes halogenated alkanes) is 2. The minimum Gasteiger partial charge on any atom is -0.479 e. The Morgan fingerprint density at radius 1 is 1.12 bits per heavy atom. The molecule has 0 spiro atoms. The van der Waals surface area contributed by atoms with Crippen LogP contribution in [0.1, 0.15) is 51.5 Å². The molecular formula is C18H25ClN2O4. The van der Waals surface area contributed by atoms with Crippen LogP contribution in [0.25, 0.3) is 0 Å². The normalized spacial score (nSPS) is 12.9. The molecule has 138 valence electrons. The predicted octanol–water partition coefficient (Wildman–Crippen LogP) is 2.84. The number of carboxylic acid groups (broad SMARTS) is 1. The van der Waals surface area contributed by atoms with Crippen molar-refractivity contribution in [1.82, 2.24) is 10.6 Å². The van der Waals surface area contributed by atoms with E-state index in [1.807, 2.05) is 0 Å². The molecule has 25 heavy (non-hydrogen) atoms. The van der Waals surface area contributed by atoms with Gasteiger partial charge in [0.2, 0.25) is 11.8 Å². The molecule has 1 atom stereocenters. The number of benzene rings is 1. The van der Waals surface area contributed by atoms with Crippen molar-refractivity contribution < 1.29 is 19.5 Å². The second kappa shape index (κ2) is 10.0. The van der Waals surface area contributed by atoms with Crippen LogP contribution in [0.3, 0.4) is 0 Å². The molecule has 0 aliphatic carbocycles. The third-order valence-corrected chi connectivity index (χ3v) is 4.29. The minimum atomic E-state index is -1.46. The fraction of sp³-hybridized carbons (Fsp3) is 0.500. The number of halogens is 1. The molecular weight excluding hydrogens is 344 g/mol. The largest absolute Gasteiger partial charge is 0.479 e. The summed E-state index contributed by atoms with van der Waals surface area (Å²) in [6.45, 7) is 3.76. The number of carboxylic acids is 1. The van der Waals surface area contributed by atoms with Crippen molar-refractivity contribution in [2.45, 2.75) is 51.5 Å². The van der Waals surface area contributed by atoms with E-state index in [-0.39, 0.29) is 24.7 Å². The Labute approximate surface area is 152 Å². The van der Waals surface area contributed by atoms with Crippen LogP contribution >= 0.6 is 11.6 Å². The Morgan fingerprint density at radius 3 is 2.28 bits per heavy atom. The van der Waals surface area contributed by atoms with E-state index in [1.165, 1.54) is 6.92 Å². The zero-order valence-electron chi connectivity index (χ0n) is 14.6. The van der Waals surface area contributed by atoms with Crippen molar-refractivity contribution in [3.05, 3.63) is 34.9 Å². The number of carbonyl (C=O) groups excluding carboxylic acids is 2. The zero-order valence-corrected chi connectivity index (χ0v) is 15.4. The highest BCUT2D eigenvalue weighted by atomic mass is 35.5. The van der Waals surface area contributed by atoms with Crippen LogP contribution < -0.4 is 10.6 Å². The number of hydrogen-bond donors (Lipinski definition) is 3. The van der Waals surface area contributed by atoms with Gasteiger partial charge in [0.15, 0.2) is 5.54 Å². The van der Waals surface area contributed by atoms with Crippen molar-refractivity contribution in [3.63, 3.8) is 0 Å². The number of hydrogen-bond acceptors (Lipinski definition) is 3. The Balaban J connectivity index is 2.63. The summed E-state index contributed by atoms with van der Waals surface area (Å²) in [6, 6.07) is 6.46. The van der Waals surface area contributed by atoms with Crippen molar-refractivity contribution >= 4 is 29.4 Å². The lowest BCUT2D eigenvalue weighted by atomic mass is 9.87. The number of carbonyl (C=O) groups is 3. The van der Waals surface area contributed by atoms with Crippen LogP contribution in [0.2, 0.25) is 5.02 Å². The van der Waals surface area contributed by atoms with E-state index in [4.69, 9.17) is 11.6 Å². The lowest BCUT2D eigenvalue weighted by Crippen LogP contribution is -2.51. The van der Waals surface area contributed by atoms with Crippen LogP contribution in [-0.2, 0) is 19.9 Å². The number of rotatable bonds is 10. The summed E-state index contributed by atoms with van der Waals surface area (Å²) in [4.78, 5) is 34.9. The quantitative estimate of drug-likeness (QED) is 0.553. The highest BCUT2D eigenvalue weighted by molar-refractivity contribution is 6.30. The minimum absolute atomic E-state index is 0.0742. The molecule has 2 amide bonds. The maximum atomic E-state index is 12.2. The average Bonchev–Trinajstić information content (AvgIpc) is 2.56. The molecule has 0 aromatic heterocycles. The highest BCUT2D eigenvalue weighted by Crippen LogP contribution is 2.27. The summed E-state index contributed by atoms with van der Waals surface area (Å²) in [6.07, 6.45) is 2.65. The summed E-state index contributed by atoms with van der Waals surface area (Å²) in [5.41, 5.74) is -0.969. The summed E-state index contributed by atoms with van der Waals surface area (Å²) >= 11 is 5.86.